The first-order chi connectivity index (χ1) is 39.5. The number of carbonyl (C=O) groups is 1. The zero-order valence-corrected chi connectivity index (χ0v) is 56.7. The van der Waals surface area contributed by atoms with Crippen LogP contribution in [-0.2, 0) is 18.4 Å². The van der Waals surface area contributed by atoms with Gasteiger partial charge in [0.15, 0.2) is 0 Å². The number of nitrogens with one attached hydrogen (secondary N) is 1. The molecule has 486 valence electrons. The first-order valence-electron chi connectivity index (χ1n) is 36.9. The van der Waals surface area contributed by atoms with Crippen molar-refractivity contribution < 1.29 is 32.9 Å². The van der Waals surface area contributed by atoms with E-state index in [9.17, 15) is 19.4 Å². The lowest BCUT2D eigenvalue weighted by atomic mass is 10.0. The quantitative estimate of drug-likeness (QED) is 0.0318. The van der Waals surface area contributed by atoms with E-state index in [0.29, 0.717) is 23.9 Å². The summed E-state index contributed by atoms with van der Waals surface area (Å²) >= 11 is 0. The molecule has 0 radical (unpaired) electrons. The molecule has 3 unspecified atom stereocenters. The van der Waals surface area contributed by atoms with Crippen molar-refractivity contribution in [2.45, 2.75) is 418 Å². The van der Waals surface area contributed by atoms with E-state index in [1.165, 1.54) is 340 Å². The molecule has 9 heteroatoms. The smallest absolute Gasteiger partial charge is 0.391 e. The average Bonchev–Trinajstić information content (AvgIpc) is 3.43. The number of hydrogen-bond acceptors (Lipinski definition) is 5. The summed E-state index contributed by atoms with van der Waals surface area (Å²) in [5, 5.41) is 14.2. The Kier molecular flexibility index (Phi) is 63.6. The Morgan fingerprint density at radius 2 is 0.593 bits per heavy atom. The fourth-order valence-electron chi connectivity index (χ4n) is 11.9. The summed E-state index contributed by atoms with van der Waals surface area (Å²) in [5.74, 6) is -0.132. The summed E-state index contributed by atoms with van der Waals surface area (Å²) in [6.07, 6.45) is 80.8. The Hall–Kier alpha value is -0.500. The predicted octanol–water partition coefficient (Wildman–Crippen LogP) is 23.5. The lowest BCUT2D eigenvalue weighted by Crippen LogP contribution is -2.46. The van der Waals surface area contributed by atoms with Gasteiger partial charge in [0, 0.05) is 6.42 Å². The average molecular weight is 1170 g/mol. The predicted molar refractivity (Wildman–Crippen MR) is 356 cm³/mol. The third kappa shape index (κ3) is 66.9. The highest BCUT2D eigenvalue weighted by atomic mass is 31.2. The highest BCUT2D eigenvalue weighted by molar-refractivity contribution is 7.47. The normalized spacial score (nSPS) is 13.5. The van der Waals surface area contributed by atoms with E-state index in [1.54, 1.807) is 0 Å². The van der Waals surface area contributed by atoms with Crippen molar-refractivity contribution in [2.75, 3.05) is 40.9 Å². The van der Waals surface area contributed by atoms with Gasteiger partial charge in [0.05, 0.1) is 39.9 Å². The van der Waals surface area contributed by atoms with Crippen molar-refractivity contribution >= 4 is 13.7 Å². The number of nitrogens with zero attached hydrogens (tertiary/aromatic N) is 1. The highest BCUT2D eigenvalue weighted by Crippen LogP contribution is 2.43. The molecule has 3 atom stereocenters. The summed E-state index contributed by atoms with van der Waals surface area (Å²) in [5.41, 5.74) is 0. The van der Waals surface area contributed by atoms with Gasteiger partial charge in [-0.1, -0.05) is 386 Å². The minimum absolute atomic E-state index is 0.0795. The summed E-state index contributed by atoms with van der Waals surface area (Å²) in [7, 11) is 1.64. The van der Waals surface area contributed by atoms with Crippen molar-refractivity contribution in [3.05, 3.63) is 0 Å². The van der Waals surface area contributed by atoms with Gasteiger partial charge in [0.2, 0.25) is 5.91 Å². The van der Waals surface area contributed by atoms with Gasteiger partial charge in [0.25, 0.3) is 0 Å². The zero-order chi connectivity index (χ0) is 59.1. The number of unbranched alkanes of at least 4 members (excludes halogenated alkanes) is 57. The molecule has 0 heterocycles. The van der Waals surface area contributed by atoms with Crippen LogP contribution >= 0.6 is 7.82 Å². The van der Waals surface area contributed by atoms with Gasteiger partial charge in [-0.25, -0.2) is 4.57 Å². The van der Waals surface area contributed by atoms with E-state index < -0.39 is 20.0 Å². The minimum atomic E-state index is -4.33. The molecule has 0 rings (SSSR count). The molecule has 8 nitrogen and oxygen atoms in total. The molecular weight excluding hydrogens is 1020 g/mol. The molecule has 0 fully saturated rings. The second kappa shape index (κ2) is 64.0. The molecule has 0 aromatic rings. The van der Waals surface area contributed by atoms with Crippen LogP contribution in [-0.4, -0.2) is 73.4 Å². The van der Waals surface area contributed by atoms with Gasteiger partial charge in [-0.15, -0.1) is 0 Å². The molecule has 0 saturated heterocycles. The van der Waals surface area contributed by atoms with Crippen LogP contribution in [0.4, 0.5) is 0 Å². The second-order valence-electron chi connectivity index (χ2n) is 27.0. The van der Waals surface area contributed by atoms with E-state index in [0.717, 1.165) is 38.5 Å². The Morgan fingerprint density at radius 3 is 0.827 bits per heavy atom. The molecule has 0 aliphatic heterocycles. The van der Waals surface area contributed by atoms with Crippen LogP contribution in [0.15, 0.2) is 0 Å². The van der Waals surface area contributed by atoms with Crippen molar-refractivity contribution in [3.63, 3.8) is 0 Å². The fraction of sp³-hybridized carbons (Fsp3) is 0.986. The molecule has 0 saturated carbocycles. The van der Waals surface area contributed by atoms with E-state index >= 15 is 0 Å². The molecular formula is C72H148N2O6P+. The fourth-order valence-corrected chi connectivity index (χ4v) is 12.6. The molecule has 0 aliphatic rings. The molecule has 1 amide bonds. The molecule has 0 spiro atoms. The molecule has 0 aromatic heterocycles. The maximum Gasteiger partial charge on any atom is 0.472 e. The SMILES string of the molecule is CCCCCCCCCCCCCCCCCCCCCCCCCCCCCCCCCCC(=O)NC(COP(=O)(O)OCC[N+](C)(C)C)C(O)CCCCCCCCCCCCCCCCCCCCCCCCCCCCC. The van der Waals surface area contributed by atoms with Crippen LogP contribution in [0, 0.1) is 0 Å². The van der Waals surface area contributed by atoms with Gasteiger partial charge in [0.1, 0.15) is 13.2 Å². The Labute approximate surface area is 508 Å². The van der Waals surface area contributed by atoms with Gasteiger partial charge in [-0.2, -0.15) is 0 Å². The summed E-state index contributed by atoms with van der Waals surface area (Å²) in [6, 6.07) is -0.757. The molecule has 0 aromatic carbocycles. The number of aliphatic hydroxyl groups is 1. The van der Waals surface area contributed by atoms with Crippen molar-refractivity contribution in [2.24, 2.45) is 0 Å². The van der Waals surface area contributed by atoms with E-state index in [-0.39, 0.29) is 19.1 Å². The van der Waals surface area contributed by atoms with E-state index in [4.69, 9.17) is 9.05 Å². The molecule has 0 bridgehead atoms. The Morgan fingerprint density at radius 1 is 0.370 bits per heavy atom. The second-order valence-corrected chi connectivity index (χ2v) is 28.5. The highest BCUT2D eigenvalue weighted by Gasteiger charge is 2.28. The van der Waals surface area contributed by atoms with Crippen LogP contribution in [0.5, 0.6) is 0 Å². The number of phosphoric acid groups is 1. The van der Waals surface area contributed by atoms with Crippen LogP contribution in [0.25, 0.3) is 0 Å². The van der Waals surface area contributed by atoms with Gasteiger partial charge >= 0.3 is 7.82 Å². The lowest BCUT2D eigenvalue weighted by Gasteiger charge is -2.26. The first-order valence-corrected chi connectivity index (χ1v) is 38.4. The third-order valence-electron chi connectivity index (χ3n) is 17.6. The summed E-state index contributed by atoms with van der Waals surface area (Å²) < 4.78 is 23.9. The minimum Gasteiger partial charge on any atom is -0.391 e. The monoisotopic (exact) mass is 1170 g/mol. The number of quaternary nitrogens is 1. The van der Waals surface area contributed by atoms with Gasteiger partial charge in [-0.3, -0.25) is 13.8 Å². The number of hydrogen-bond donors (Lipinski definition) is 3. The number of aliphatic hydroxyl groups excluding tert-OH is 1. The number of likely N-dealkylation sites (N-methyl/N-ethyl adjacent to an activating group) is 1. The summed E-state index contributed by atoms with van der Waals surface area (Å²) in [6.45, 7) is 4.97. The first kappa shape index (κ1) is 80.5. The lowest BCUT2D eigenvalue weighted by molar-refractivity contribution is -0.870. The van der Waals surface area contributed by atoms with Crippen molar-refractivity contribution in [1.82, 2.24) is 5.32 Å². The van der Waals surface area contributed by atoms with Crippen molar-refractivity contribution in [1.29, 1.82) is 0 Å². The van der Waals surface area contributed by atoms with Crippen LogP contribution < -0.4 is 5.32 Å². The number of phosphoric ester groups is 1. The van der Waals surface area contributed by atoms with Gasteiger partial charge in [-0.05, 0) is 12.8 Å². The Bertz CT molecular complexity index is 1280. The van der Waals surface area contributed by atoms with Gasteiger partial charge < -0.3 is 19.8 Å². The standard InChI is InChI=1S/C72H147N2O6P/c1-6-8-10-12-14-16-18-20-22-24-26-28-30-32-34-35-36-37-38-40-42-44-46-48-50-52-54-56-58-60-62-64-66-72(76)73-70(69-80-81(77,78)79-68-67-74(3,4)5)71(75)65-63-61-59-57-55-53-51-49-47-45-43-41-39-33-31-29-27-25-23-21-19-17-15-13-11-9-7-2/h70-71,75H,6-69H2,1-5H3,(H-,73,76,77,78)/p+1. The number of rotatable bonds is 70. The maximum absolute atomic E-state index is 13.1. The van der Waals surface area contributed by atoms with Crippen LogP contribution in [0.2, 0.25) is 0 Å². The van der Waals surface area contributed by atoms with Crippen molar-refractivity contribution in [3.8, 4) is 0 Å². The summed E-state index contributed by atoms with van der Waals surface area (Å²) in [4.78, 5) is 23.5. The molecule has 0 aliphatic carbocycles. The third-order valence-corrected chi connectivity index (χ3v) is 18.6. The molecule has 3 N–H and O–H groups in total. The van der Waals surface area contributed by atoms with E-state index in [1.807, 2.05) is 21.1 Å². The molecule has 81 heavy (non-hydrogen) atoms. The zero-order valence-electron chi connectivity index (χ0n) is 55.8. The number of carbonyl (C=O) groups excluding carboxylic acids is 1. The van der Waals surface area contributed by atoms with Crippen LogP contribution in [0.1, 0.15) is 406 Å². The largest absolute Gasteiger partial charge is 0.472 e. The number of amides is 1. The topological polar surface area (TPSA) is 105 Å². The maximum atomic E-state index is 13.1. The Balaban J connectivity index is 3.94. The van der Waals surface area contributed by atoms with Crippen LogP contribution in [0.3, 0.4) is 0 Å². The van der Waals surface area contributed by atoms with E-state index in [2.05, 4.69) is 19.2 Å².